The minimum absolute atomic E-state index is 0.122. The maximum absolute atomic E-state index is 13.1. The fourth-order valence-electron chi connectivity index (χ4n) is 3.91. The normalized spacial score (nSPS) is 26.6. The molecule has 1 fully saturated rings. The van der Waals surface area contributed by atoms with E-state index in [1.807, 2.05) is 31.1 Å². The third kappa shape index (κ3) is 5.19. The highest BCUT2D eigenvalue weighted by Crippen LogP contribution is 2.45. The number of carbonyl (C=O) groups excluding carboxylic acids is 3. The van der Waals surface area contributed by atoms with Gasteiger partial charge in [-0.3, -0.25) is 14.4 Å². The number of carbonyl (C=O) groups is 3. The van der Waals surface area contributed by atoms with E-state index in [1.54, 1.807) is 39.8 Å². The number of hydrogen-bond donors (Lipinski definition) is 1. The van der Waals surface area contributed by atoms with Crippen LogP contribution in [-0.2, 0) is 23.9 Å². The Kier molecular flexibility index (Phi) is 7.29. The summed E-state index contributed by atoms with van der Waals surface area (Å²) in [6.45, 7) is 8.18. The molecule has 30 heavy (non-hydrogen) atoms. The van der Waals surface area contributed by atoms with Crippen molar-refractivity contribution in [1.82, 2.24) is 0 Å². The van der Waals surface area contributed by atoms with Gasteiger partial charge in [0.1, 0.15) is 11.5 Å². The van der Waals surface area contributed by atoms with Crippen LogP contribution in [0.1, 0.15) is 52.5 Å². The average molecular weight is 420 g/mol. The Hall–Kier alpha value is -2.41. The zero-order chi connectivity index (χ0) is 22.8. The predicted molar refractivity (Wildman–Crippen MR) is 113 cm³/mol. The van der Waals surface area contributed by atoms with Crippen LogP contribution in [0, 0.1) is 11.8 Å². The number of hydrogen-bond acceptors (Lipinski definition) is 7. The summed E-state index contributed by atoms with van der Waals surface area (Å²) < 4.78 is 10.8. The van der Waals surface area contributed by atoms with Gasteiger partial charge < -0.3 is 19.5 Å². The van der Waals surface area contributed by atoms with Gasteiger partial charge in [0.25, 0.3) is 0 Å². The Labute approximate surface area is 178 Å². The summed E-state index contributed by atoms with van der Waals surface area (Å²) >= 11 is 0. The lowest BCUT2D eigenvalue weighted by Crippen LogP contribution is -2.55. The van der Waals surface area contributed by atoms with Crippen molar-refractivity contribution in [1.29, 1.82) is 0 Å². The number of aliphatic hydroxyl groups is 1. The molecule has 0 radical (unpaired) electrons. The first-order chi connectivity index (χ1) is 13.8. The molecule has 1 N–H and O–H groups in total. The van der Waals surface area contributed by atoms with E-state index in [9.17, 15) is 19.5 Å². The first kappa shape index (κ1) is 23.9. The second-order valence-corrected chi connectivity index (χ2v) is 8.91. The predicted octanol–water partition coefficient (Wildman–Crippen LogP) is 2.70. The number of rotatable bonds is 6. The van der Waals surface area contributed by atoms with Gasteiger partial charge >= 0.3 is 11.9 Å². The fraction of sp³-hybridized carbons (Fsp3) is 0.609. The van der Waals surface area contributed by atoms with Crippen molar-refractivity contribution < 1.29 is 29.0 Å². The van der Waals surface area contributed by atoms with Gasteiger partial charge in [-0.15, -0.1) is 0 Å². The third-order valence-electron chi connectivity index (χ3n) is 5.28. The summed E-state index contributed by atoms with van der Waals surface area (Å²) in [6, 6.07) is 7.34. The van der Waals surface area contributed by atoms with E-state index in [0.29, 0.717) is 5.56 Å². The highest BCUT2D eigenvalue weighted by atomic mass is 16.5. The molecule has 0 bridgehead atoms. The Morgan fingerprint density at radius 1 is 1.03 bits per heavy atom. The molecule has 0 aromatic heterocycles. The van der Waals surface area contributed by atoms with E-state index in [2.05, 4.69) is 0 Å². The number of anilines is 1. The Morgan fingerprint density at radius 3 is 2.00 bits per heavy atom. The van der Waals surface area contributed by atoms with Crippen LogP contribution in [0.25, 0.3) is 0 Å². The maximum atomic E-state index is 13.1. The molecule has 1 aromatic rings. The van der Waals surface area contributed by atoms with Crippen LogP contribution in [0.3, 0.4) is 0 Å². The fourth-order valence-corrected chi connectivity index (χ4v) is 3.91. The summed E-state index contributed by atoms with van der Waals surface area (Å²) in [6.07, 6.45) is -0.920. The summed E-state index contributed by atoms with van der Waals surface area (Å²) in [4.78, 5) is 40.9. The van der Waals surface area contributed by atoms with E-state index in [0.717, 1.165) is 5.69 Å². The van der Waals surface area contributed by atoms with Crippen LogP contribution < -0.4 is 4.90 Å². The van der Waals surface area contributed by atoms with Crippen LogP contribution in [0.2, 0.25) is 0 Å². The lowest BCUT2D eigenvalue weighted by molar-refractivity contribution is -0.173. The molecule has 0 heterocycles. The van der Waals surface area contributed by atoms with Crippen LogP contribution in [-0.4, -0.2) is 54.7 Å². The molecule has 1 aromatic carbocycles. The standard InChI is InChI=1S/C23H33NO6/c1-13(2)29-21(26)17-12-23(5,28)20(25)19(22(27)30-14(3)4)18(17)15-8-10-16(11-9-15)24(6)7/h8-11,13-14,17-19,28H,12H2,1-7H3/t17-,18+,19-,23+/m1/s1. The zero-order valence-corrected chi connectivity index (χ0v) is 18.8. The summed E-state index contributed by atoms with van der Waals surface area (Å²) in [7, 11) is 3.81. The minimum atomic E-state index is -1.83. The molecule has 0 saturated heterocycles. The first-order valence-electron chi connectivity index (χ1n) is 10.3. The Bertz CT molecular complexity index is 781. The number of esters is 2. The van der Waals surface area contributed by atoms with Gasteiger partial charge in [-0.05, 0) is 58.7 Å². The highest BCUT2D eigenvalue weighted by Gasteiger charge is 2.56. The molecule has 2 rings (SSSR count). The van der Waals surface area contributed by atoms with Gasteiger partial charge in [-0.25, -0.2) is 0 Å². The van der Waals surface area contributed by atoms with Crippen LogP contribution in [0.5, 0.6) is 0 Å². The third-order valence-corrected chi connectivity index (χ3v) is 5.28. The second kappa shape index (κ2) is 9.16. The van der Waals surface area contributed by atoms with Gasteiger partial charge in [0, 0.05) is 25.7 Å². The number of ether oxygens (including phenoxy) is 2. The molecule has 7 heteroatoms. The monoisotopic (exact) mass is 419 g/mol. The van der Waals surface area contributed by atoms with Crippen LogP contribution >= 0.6 is 0 Å². The molecule has 7 nitrogen and oxygen atoms in total. The van der Waals surface area contributed by atoms with Crippen LogP contribution in [0.15, 0.2) is 24.3 Å². The van der Waals surface area contributed by atoms with E-state index in [-0.39, 0.29) is 12.5 Å². The molecular weight excluding hydrogens is 386 g/mol. The van der Waals surface area contributed by atoms with Gasteiger partial charge in [0.15, 0.2) is 5.78 Å². The molecule has 0 unspecified atom stereocenters. The summed E-state index contributed by atoms with van der Waals surface area (Å²) in [5.41, 5.74) is -0.238. The van der Waals surface area contributed by atoms with Gasteiger partial charge in [0.05, 0.1) is 18.1 Å². The van der Waals surface area contributed by atoms with E-state index in [1.165, 1.54) is 6.92 Å². The lowest BCUT2D eigenvalue weighted by atomic mass is 9.63. The Morgan fingerprint density at radius 2 is 1.53 bits per heavy atom. The number of benzene rings is 1. The molecule has 0 spiro atoms. The van der Waals surface area contributed by atoms with E-state index in [4.69, 9.17) is 9.47 Å². The summed E-state index contributed by atoms with van der Waals surface area (Å²) in [5, 5.41) is 10.8. The zero-order valence-electron chi connectivity index (χ0n) is 18.8. The van der Waals surface area contributed by atoms with Crippen molar-refractivity contribution in [2.24, 2.45) is 11.8 Å². The van der Waals surface area contributed by atoms with E-state index < -0.39 is 47.2 Å². The molecule has 166 valence electrons. The van der Waals surface area contributed by atoms with Gasteiger partial charge in [0.2, 0.25) is 0 Å². The molecular formula is C23H33NO6. The number of Topliss-reactive ketones (excluding diaryl/α,β-unsaturated/α-hetero) is 1. The Balaban J connectivity index is 2.58. The largest absolute Gasteiger partial charge is 0.463 e. The quantitative estimate of drug-likeness (QED) is 0.560. The maximum Gasteiger partial charge on any atom is 0.317 e. The van der Waals surface area contributed by atoms with Gasteiger partial charge in [-0.1, -0.05) is 12.1 Å². The van der Waals surface area contributed by atoms with Crippen molar-refractivity contribution >= 4 is 23.4 Å². The smallest absolute Gasteiger partial charge is 0.317 e. The van der Waals surface area contributed by atoms with Crippen LogP contribution in [0.4, 0.5) is 5.69 Å². The summed E-state index contributed by atoms with van der Waals surface area (Å²) in [5.74, 6) is -4.86. The first-order valence-corrected chi connectivity index (χ1v) is 10.3. The average Bonchev–Trinajstić information content (AvgIpc) is 2.62. The topological polar surface area (TPSA) is 93.1 Å². The molecule has 0 aliphatic heterocycles. The minimum Gasteiger partial charge on any atom is -0.463 e. The van der Waals surface area contributed by atoms with Gasteiger partial charge in [-0.2, -0.15) is 0 Å². The highest BCUT2D eigenvalue weighted by molar-refractivity contribution is 6.06. The van der Waals surface area contributed by atoms with Crippen molar-refractivity contribution in [3.05, 3.63) is 29.8 Å². The number of nitrogens with zero attached hydrogens (tertiary/aromatic N) is 1. The molecule has 0 amide bonds. The SMILES string of the molecule is CC(C)OC(=O)[C@H]1C(=O)[C@@](C)(O)C[C@@H](C(=O)OC(C)C)[C@@H]1c1ccc(N(C)C)cc1. The van der Waals surface area contributed by atoms with Crippen molar-refractivity contribution in [3.63, 3.8) is 0 Å². The van der Waals surface area contributed by atoms with Crippen molar-refractivity contribution in [2.45, 2.75) is 64.8 Å². The molecule has 1 aliphatic carbocycles. The lowest BCUT2D eigenvalue weighted by Gasteiger charge is -2.42. The number of ketones is 1. The molecule has 4 atom stereocenters. The molecule has 1 aliphatic rings. The second-order valence-electron chi connectivity index (χ2n) is 8.91. The molecule has 1 saturated carbocycles. The van der Waals surface area contributed by atoms with E-state index >= 15 is 0 Å². The van der Waals surface area contributed by atoms with Crippen molar-refractivity contribution in [3.8, 4) is 0 Å². The van der Waals surface area contributed by atoms with Crippen molar-refractivity contribution in [2.75, 3.05) is 19.0 Å².